The maximum atomic E-state index is 12.3. The van der Waals surface area contributed by atoms with Crippen LogP contribution in [0.2, 0.25) is 0 Å². The van der Waals surface area contributed by atoms with E-state index in [9.17, 15) is 18.0 Å². The molecule has 0 aromatic heterocycles. The van der Waals surface area contributed by atoms with Crippen molar-refractivity contribution in [3.63, 3.8) is 0 Å². The Kier molecular flexibility index (Phi) is 5.86. The predicted octanol–water partition coefficient (Wildman–Crippen LogP) is 1.82. The quantitative estimate of drug-likeness (QED) is 0.864. The van der Waals surface area contributed by atoms with Crippen LogP contribution in [0.3, 0.4) is 0 Å². The number of ether oxygens (including phenoxy) is 1. The van der Waals surface area contributed by atoms with Gasteiger partial charge in [-0.15, -0.1) is 0 Å². The van der Waals surface area contributed by atoms with Crippen molar-refractivity contribution in [1.29, 1.82) is 0 Å². The summed E-state index contributed by atoms with van der Waals surface area (Å²) in [5, 5.41) is 0. The summed E-state index contributed by atoms with van der Waals surface area (Å²) in [5.41, 5.74) is 4.53. The first-order valence-electron chi connectivity index (χ1n) is 7.01. The average Bonchev–Trinajstić information content (AvgIpc) is 2.33. The minimum atomic E-state index is -4.35. The summed E-state index contributed by atoms with van der Waals surface area (Å²) in [4.78, 5) is 15.3. The summed E-state index contributed by atoms with van der Waals surface area (Å²) >= 11 is 0. The lowest BCUT2D eigenvalue weighted by atomic mass is 10.2. The summed E-state index contributed by atoms with van der Waals surface area (Å²) in [6.07, 6.45) is -4.86. The van der Waals surface area contributed by atoms with E-state index >= 15 is 0 Å². The van der Waals surface area contributed by atoms with Gasteiger partial charge >= 0.3 is 12.3 Å². The lowest BCUT2D eigenvalue weighted by Gasteiger charge is -2.36. The maximum Gasteiger partial charge on any atom is 0.410 e. The fourth-order valence-corrected chi connectivity index (χ4v) is 1.97. The molecule has 0 aromatic carbocycles. The van der Waals surface area contributed by atoms with Gasteiger partial charge in [-0.1, -0.05) is 0 Å². The molecule has 0 aromatic rings. The molecular formula is C13H24F3N3O2. The number of amides is 1. The molecule has 0 spiro atoms. The molecule has 1 amide bonds. The first-order chi connectivity index (χ1) is 9.49. The summed E-state index contributed by atoms with van der Waals surface area (Å²) in [6.45, 7) is 7.63. The average molecular weight is 311 g/mol. The third kappa shape index (κ3) is 6.52. The van der Waals surface area contributed by atoms with Gasteiger partial charge in [0.05, 0.1) is 0 Å². The fourth-order valence-electron chi connectivity index (χ4n) is 1.97. The molecule has 0 bridgehead atoms. The molecule has 1 rings (SSSR count). The molecule has 1 aliphatic rings. The lowest BCUT2D eigenvalue weighted by Crippen LogP contribution is -2.51. The molecule has 1 heterocycles. The van der Waals surface area contributed by atoms with Crippen molar-refractivity contribution in [2.75, 3.05) is 32.7 Å². The van der Waals surface area contributed by atoms with Gasteiger partial charge in [-0.05, 0) is 27.2 Å². The molecule has 1 fully saturated rings. The van der Waals surface area contributed by atoms with E-state index in [2.05, 4.69) is 0 Å². The molecule has 1 atom stereocenters. The van der Waals surface area contributed by atoms with E-state index in [0.717, 1.165) is 0 Å². The van der Waals surface area contributed by atoms with Crippen LogP contribution in [-0.4, -0.2) is 66.4 Å². The van der Waals surface area contributed by atoms with Crippen LogP contribution in [0, 0.1) is 0 Å². The van der Waals surface area contributed by atoms with Gasteiger partial charge in [-0.3, -0.25) is 4.90 Å². The van der Waals surface area contributed by atoms with Crippen LogP contribution in [0.1, 0.15) is 27.2 Å². The minimum Gasteiger partial charge on any atom is -0.444 e. The predicted molar refractivity (Wildman–Crippen MR) is 72.9 cm³/mol. The number of carbonyl (C=O) groups is 1. The van der Waals surface area contributed by atoms with Gasteiger partial charge in [0.25, 0.3) is 0 Å². The third-order valence-electron chi connectivity index (χ3n) is 3.20. The minimum absolute atomic E-state index is 0.129. The second kappa shape index (κ2) is 6.83. The monoisotopic (exact) mass is 311 g/mol. The van der Waals surface area contributed by atoms with E-state index in [1.165, 1.54) is 0 Å². The zero-order valence-electron chi connectivity index (χ0n) is 12.7. The molecule has 0 aliphatic carbocycles. The van der Waals surface area contributed by atoms with Crippen molar-refractivity contribution >= 4 is 6.09 Å². The molecule has 1 aliphatic heterocycles. The molecule has 0 saturated carbocycles. The van der Waals surface area contributed by atoms with Crippen LogP contribution < -0.4 is 5.73 Å². The number of hydrogen-bond acceptors (Lipinski definition) is 4. The second-order valence-corrected chi connectivity index (χ2v) is 6.25. The molecule has 8 heteroatoms. The molecular weight excluding hydrogens is 287 g/mol. The highest BCUT2D eigenvalue weighted by molar-refractivity contribution is 5.68. The van der Waals surface area contributed by atoms with E-state index in [4.69, 9.17) is 10.5 Å². The Bertz CT molecular complexity index is 348. The van der Waals surface area contributed by atoms with Gasteiger partial charge in [-0.25, -0.2) is 4.79 Å². The molecule has 0 radical (unpaired) electrons. The highest BCUT2D eigenvalue weighted by atomic mass is 19.4. The van der Waals surface area contributed by atoms with Crippen LogP contribution >= 0.6 is 0 Å². The SMILES string of the molecule is CC(C)(C)OC(=O)N1CCN(CCC(N)C(F)(F)F)CC1. The molecule has 21 heavy (non-hydrogen) atoms. The van der Waals surface area contributed by atoms with Crippen LogP contribution in [-0.2, 0) is 4.74 Å². The number of nitrogens with two attached hydrogens (primary N) is 1. The van der Waals surface area contributed by atoms with Crippen molar-refractivity contribution in [3.8, 4) is 0 Å². The number of alkyl halides is 3. The number of carbonyl (C=O) groups excluding carboxylic acids is 1. The number of rotatable bonds is 3. The van der Waals surface area contributed by atoms with E-state index in [1.807, 2.05) is 4.90 Å². The highest BCUT2D eigenvalue weighted by Gasteiger charge is 2.36. The fraction of sp³-hybridized carbons (Fsp3) is 0.923. The van der Waals surface area contributed by atoms with Crippen LogP contribution in [0.15, 0.2) is 0 Å². The zero-order chi connectivity index (χ0) is 16.3. The van der Waals surface area contributed by atoms with Gasteiger partial charge in [0.1, 0.15) is 11.6 Å². The maximum absolute atomic E-state index is 12.3. The number of hydrogen-bond donors (Lipinski definition) is 1. The molecule has 124 valence electrons. The van der Waals surface area contributed by atoms with Gasteiger partial charge in [0, 0.05) is 32.7 Å². The number of nitrogens with zero attached hydrogens (tertiary/aromatic N) is 2. The zero-order valence-corrected chi connectivity index (χ0v) is 12.7. The molecule has 5 nitrogen and oxygen atoms in total. The Morgan fingerprint density at radius 3 is 2.14 bits per heavy atom. The third-order valence-corrected chi connectivity index (χ3v) is 3.20. The van der Waals surface area contributed by atoms with Gasteiger partial charge < -0.3 is 15.4 Å². The Hall–Kier alpha value is -1.02. The van der Waals surface area contributed by atoms with Crippen molar-refractivity contribution < 1.29 is 22.7 Å². The van der Waals surface area contributed by atoms with Crippen molar-refractivity contribution in [3.05, 3.63) is 0 Å². The second-order valence-electron chi connectivity index (χ2n) is 6.25. The van der Waals surface area contributed by atoms with E-state index in [1.54, 1.807) is 25.7 Å². The van der Waals surface area contributed by atoms with Crippen molar-refractivity contribution in [2.24, 2.45) is 5.73 Å². The molecule has 1 unspecified atom stereocenters. The smallest absolute Gasteiger partial charge is 0.410 e. The highest BCUT2D eigenvalue weighted by Crippen LogP contribution is 2.21. The first-order valence-corrected chi connectivity index (χ1v) is 7.01. The van der Waals surface area contributed by atoms with E-state index in [-0.39, 0.29) is 19.1 Å². The molecule has 2 N–H and O–H groups in total. The van der Waals surface area contributed by atoms with Gasteiger partial charge in [0.2, 0.25) is 0 Å². The van der Waals surface area contributed by atoms with E-state index in [0.29, 0.717) is 26.2 Å². The first kappa shape index (κ1) is 18.0. The number of piperazine rings is 1. The topological polar surface area (TPSA) is 58.8 Å². The Labute approximate surface area is 123 Å². The largest absolute Gasteiger partial charge is 0.444 e. The van der Waals surface area contributed by atoms with Gasteiger partial charge in [-0.2, -0.15) is 13.2 Å². The Balaban J connectivity index is 2.31. The Morgan fingerprint density at radius 1 is 1.19 bits per heavy atom. The standard InChI is InChI=1S/C13H24F3N3O2/c1-12(2,3)21-11(20)19-8-6-18(7-9-19)5-4-10(17)13(14,15)16/h10H,4-9,17H2,1-3H3. The summed E-state index contributed by atoms with van der Waals surface area (Å²) < 4.78 is 42.2. The summed E-state index contributed by atoms with van der Waals surface area (Å²) in [7, 11) is 0. The molecule has 1 saturated heterocycles. The normalized spacial score (nSPS) is 19.5. The summed E-state index contributed by atoms with van der Waals surface area (Å²) in [5.74, 6) is 0. The number of halogens is 3. The van der Waals surface area contributed by atoms with Crippen molar-refractivity contribution in [1.82, 2.24) is 9.80 Å². The van der Waals surface area contributed by atoms with Crippen LogP contribution in [0.4, 0.5) is 18.0 Å². The van der Waals surface area contributed by atoms with Crippen molar-refractivity contribution in [2.45, 2.75) is 45.0 Å². The van der Waals surface area contributed by atoms with E-state index < -0.39 is 17.8 Å². The lowest BCUT2D eigenvalue weighted by molar-refractivity contribution is -0.149. The van der Waals surface area contributed by atoms with Crippen LogP contribution in [0.25, 0.3) is 0 Å². The van der Waals surface area contributed by atoms with Crippen LogP contribution in [0.5, 0.6) is 0 Å². The van der Waals surface area contributed by atoms with Gasteiger partial charge in [0.15, 0.2) is 0 Å². The summed E-state index contributed by atoms with van der Waals surface area (Å²) in [6, 6.07) is -1.79. The Morgan fingerprint density at radius 2 is 1.71 bits per heavy atom.